The van der Waals surface area contributed by atoms with Crippen molar-refractivity contribution < 1.29 is 4.42 Å². The molecule has 10 aromatic carbocycles. The molecule has 0 atom stereocenters. The van der Waals surface area contributed by atoms with Crippen molar-refractivity contribution in [2.45, 2.75) is 0 Å². The van der Waals surface area contributed by atoms with Crippen LogP contribution in [0.15, 0.2) is 223 Å². The highest BCUT2D eigenvalue weighted by atomic mass is 16.3. The molecule has 0 amide bonds. The lowest BCUT2D eigenvalue weighted by Crippen LogP contribution is -2.01. The van der Waals surface area contributed by atoms with Crippen molar-refractivity contribution in [3.63, 3.8) is 0 Å². The lowest BCUT2D eigenvalue weighted by atomic mass is 9.89. The smallest absolute Gasteiger partial charge is 0.164 e. The van der Waals surface area contributed by atoms with Gasteiger partial charge < -0.3 is 4.42 Å². The van der Waals surface area contributed by atoms with Crippen LogP contribution in [0.4, 0.5) is 0 Å². The molecule has 0 aliphatic rings. The number of aromatic nitrogens is 4. The second-order valence-electron chi connectivity index (χ2n) is 16.5. The highest BCUT2D eigenvalue weighted by molar-refractivity contribution is 6.28. The summed E-state index contributed by atoms with van der Waals surface area (Å²) in [5, 5.41) is 9.94. The Labute approximate surface area is 374 Å². The molecule has 0 aliphatic carbocycles. The first-order chi connectivity index (χ1) is 32.2. The van der Waals surface area contributed by atoms with E-state index in [4.69, 9.17) is 24.4 Å². The molecule has 0 spiro atoms. The average molecular weight is 829 g/mol. The third kappa shape index (κ3) is 6.16. The summed E-state index contributed by atoms with van der Waals surface area (Å²) < 4.78 is 6.72. The van der Waals surface area contributed by atoms with Gasteiger partial charge in [-0.1, -0.05) is 188 Å². The highest BCUT2D eigenvalue weighted by Gasteiger charge is 2.23. The first-order valence-electron chi connectivity index (χ1n) is 21.9. The summed E-state index contributed by atoms with van der Waals surface area (Å²) in [6.45, 7) is 0. The van der Waals surface area contributed by atoms with Crippen molar-refractivity contribution in [3.8, 4) is 67.7 Å². The number of hydrogen-bond donors (Lipinski definition) is 0. The van der Waals surface area contributed by atoms with Crippen LogP contribution in [-0.2, 0) is 0 Å². The van der Waals surface area contributed by atoms with Gasteiger partial charge >= 0.3 is 0 Å². The van der Waals surface area contributed by atoms with Crippen LogP contribution in [0.1, 0.15) is 0 Å². The molecule has 302 valence electrons. The fourth-order valence-electron chi connectivity index (χ4n) is 9.67. The quantitative estimate of drug-likeness (QED) is 0.156. The van der Waals surface area contributed by atoms with Gasteiger partial charge in [0.2, 0.25) is 0 Å². The number of pyridine rings is 1. The van der Waals surface area contributed by atoms with E-state index < -0.39 is 0 Å². The molecule has 0 saturated carbocycles. The first kappa shape index (κ1) is 36.8. The SMILES string of the molecule is c1ccc(-c2ccc(-c3c4c(cc5c(-c6cccc(-c7nc(-c8ccccc8)nc(-c8cc9ccccc9c9ccccc89)n7)c6)nc6ccccc6c35)oc3ccccc34)cc2)cc1. The Morgan fingerprint density at radius 1 is 0.292 bits per heavy atom. The third-order valence-electron chi connectivity index (χ3n) is 12.7. The van der Waals surface area contributed by atoms with Gasteiger partial charge in [0.05, 0.1) is 11.2 Å². The van der Waals surface area contributed by atoms with E-state index in [1.54, 1.807) is 0 Å². The van der Waals surface area contributed by atoms with E-state index in [2.05, 4.69) is 194 Å². The maximum atomic E-state index is 6.72. The zero-order chi connectivity index (χ0) is 42.8. The van der Waals surface area contributed by atoms with Gasteiger partial charge in [-0.15, -0.1) is 0 Å². The largest absolute Gasteiger partial charge is 0.456 e. The van der Waals surface area contributed by atoms with E-state index in [0.29, 0.717) is 17.5 Å². The van der Waals surface area contributed by atoms with Crippen LogP contribution in [0, 0.1) is 0 Å². The van der Waals surface area contributed by atoms with Gasteiger partial charge in [0.25, 0.3) is 0 Å². The van der Waals surface area contributed by atoms with Crippen LogP contribution >= 0.6 is 0 Å². The number of nitrogens with zero attached hydrogens (tertiary/aromatic N) is 4. The van der Waals surface area contributed by atoms with Crippen LogP contribution in [0.5, 0.6) is 0 Å². The zero-order valence-corrected chi connectivity index (χ0v) is 35.0. The Bertz CT molecular complexity index is 3990. The molecule has 0 bridgehead atoms. The van der Waals surface area contributed by atoms with Gasteiger partial charge in [0, 0.05) is 54.7 Å². The Hall–Kier alpha value is -8.80. The minimum Gasteiger partial charge on any atom is -0.456 e. The van der Waals surface area contributed by atoms with E-state index in [0.717, 1.165) is 104 Å². The van der Waals surface area contributed by atoms with E-state index >= 15 is 0 Å². The molecule has 65 heavy (non-hydrogen) atoms. The van der Waals surface area contributed by atoms with Crippen molar-refractivity contribution >= 4 is 65.2 Å². The van der Waals surface area contributed by atoms with Crippen LogP contribution in [-0.4, -0.2) is 19.9 Å². The second kappa shape index (κ2) is 14.9. The number of rotatable bonds is 6. The average Bonchev–Trinajstić information content (AvgIpc) is 3.76. The van der Waals surface area contributed by atoms with Gasteiger partial charge in [0.1, 0.15) is 11.2 Å². The number of fused-ring (bicyclic) bond motifs is 9. The predicted octanol–water partition coefficient (Wildman–Crippen LogP) is 15.8. The molecule has 0 unspecified atom stereocenters. The fourth-order valence-corrected chi connectivity index (χ4v) is 9.67. The molecule has 0 fully saturated rings. The Balaban J connectivity index is 1.05. The molecular formula is C60H36N4O. The summed E-state index contributed by atoms with van der Waals surface area (Å²) in [6, 6.07) is 76.3. The molecule has 5 nitrogen and oxygen atoms in total. The summed E-state index contributed by atoms with van der Waals surface area (Å²) in [6.07, 6.45) is 0. The second-order valence-corrected chi connectivity index (χ2v) is 16.5. The van der Waals surface area contributed by atoms with Gasteiger partial charge in [-0.05, 0) is 68.6 Å². The normalized spacial score (nSPS) is 11.7. The molecule has 0 saturated heterocycles. The standard InChI is InChI=1S/C60H36N4O/c1-3-16-37(17-4-1)38-30-32-39(33-31-38)54-55-47-26-11-13-28-51(47)61-57(50(55)36-53-56(54)48-27-12-14-29-52(48)65-53)42-21-15-22-43(34-42)59-62-58(40-18-5-2-6-19-40)63-60(64-59)49-35-41-20-7-8-23-44(41)45-24-9-10-25-46(45)49/h1-36H. The fraction of sp³-hybridized carbons (Fsp3) is 0. The topological polar surface area (TPSA) is 64.7 Å². The Morgan fingerprint density at radius 3 is 1.66 bits per heavy atom. The van der Waals surface area contributed by atoms with Gasteiger partial charge in [0.15, 0.2) is 17.5 Å². The number of benzene rings is 10. The monoisotopic (exact) mass is 828 g/mol. The molecule has 3 heterocycles. The van der Waals surface area contributed by atoms with E-state index in [9.17, 15) is 0 Å². The Kier molecular flexibility index (Phi) is 8.46. The first-order valence-corrected chi connectivity index (χ1v) is 21.9. The molecule has 0 aliphatic heterocycles. The summed E-state index contributed by atoms with van der Waals surface area (Å²) in [4.78, 5) is 21.1. The lowest BCUT2D eigenvalue weighted by molar-refractivity contribution is 0.669. The van der Waals surface area contributed by atoms with Gasteiger partial charge in [-0.25, -0.2) is 19.9 Å². The zero-order valence-electron chi connectivity index (χ0n) is 35.0. The molecular weight excluding hydrogens is 793 g/mol. The van der Waals surface area contributed by atoms with Crippen molar-refractivity contribution in [3.05, 3.63) is 218 Å². The van der Waals surface area contributed by atoms with Gasteiger partial charge in [-0.2, -0.15) is 0 Å². The molecule has 3 aromatic heterocycles. The van der Waals surface area contributed by atoms with Crippen molar-refractivity contribution in [1.82, 2.24) is 19.9 Å². The van der Waals surface area contributed by atoms with Gasteiger partial charge in [-0.3, -0.25) is 0 Å². The van der Waals surface area contributed by atoms with Crippen molar-refractivity contribution in [2.75, 3.05) is 0 Å². The van der Waals surface area contributed by atoms with E-state index in [-0.39, 0.29) is 0 Å². The summed E-state index contributed by atoms with van der Waals surface area (Å²) in [5.74, 6) is 1.81. The summed E-state index contributed by atoms with van der Waals surface area (Å²) >= 11 is 0. The molecule has 5 heteroatoms. The summed E-state index contributed by atoms with van der Waals surface area (Å²) in [5.41, 5.74) is 11.7. The lowest BCUT2D eigenvalue weighted by Gasteiger charge is -2.16. The van der Waals surface area contributed by atoms with Crippen molar-refractivity contribution in [1.29, 1.82) is 0 Å². The van der Waals surface area contributed by atoms with E-state index in [1.165, 1.54) is 10.9 Å². The maximum Gasteiger partial charge on any atom is 0.164 e. The molecule has 13 aromatic rings. The molecule has 0 radical (unpaired) electrons. The highest BCUT2D eigenvalue weighted by Crippen LogP contribution is 2.47. The molecule has 0 N–H and O–H groups in total. The predicted molar refractivity (Wildman–Crippen MR) is 268 cm³/mol. The minimum atomic E-state index is 0.580. The van der Waals surface area contributed by atoms with E-state index in [1.807, 2.05) is 24.3 Å². The van der Waals surface area contributed by atoms with Crippen molar-refractivity contribution in [2.24, 2.45) is 0 Å². The van der Waals surface area contributed by atoms with Crippen LogP contribution < -0.4 is 0 Å². The number of hydrogen-bond acceptors (Lipinski definition) is 5. The minimum absolute atomic E-state index is 0.580. The maximum absolute atomic E-state index is 6.72. The molecule has 13 rings (SSSR count). The van der Waals surface area contributed by atoms with Crippen LogP contribution in [0.2, 0.25) is 0 Å². The number of para-hydroxylation sites is 2. The Morgan fingerprint density at radius 2 is 0.862 bits per heavy atom. The number of furan rings is 1. The van der Waals surface area contributed by atoms with Crippen LogP contribution in [0.25, 0.3) is 133 Å². The third-order valence-corrected chi connectivity index (χ3v) is 12.7. The van der Waals surface area contributed by atoms with Crippen LogP contribution in [0.3, 0.4) is 0 Å². The summed E-state index contributed by atoms with van der Waals surface area (Å²) in [7, 11) is 0.